The van der Waals surface area contributed by atoms with Gasteiger partial charge >= 0.3 is 0 Å². The zero-order valence-electron chi connectivity index (χ0n) is 10.8. The van der Waals surface area contributed by atoms with Crippen molar-refractivity contribution in [3.05, 3.63) is 28.2 Å². The number of hydrogen-bond acceptors (Lipinski definition) is 2. The molecular weight excluding hydrogens is 308 g/mol. The van der Waals surface area contributed by atoms with Gasteiger partial charge in [0.2, 0.25) is 0 Å². The maximum atomic E-state index is 5.83. The van der Waals surface area contributed by atoms with Crippen molar-refractivity contribution in [2.45, 2.75) is 20.3 Å². The number of anilines is 1. The molecule has 1 aliphatic heterocycles. The molecule has 2 N–H and O–H groups in total. The van der Waals surface area contributed by atoms with E-state index in [9.17, 15) is 0 Å². The predicted molar refractivity (Wildman–Crippen MR) is 85.2 cm³/mol. The first kappa shape index (κ1) is 13.8. The summed E-state index contributed by atoms with van der Waals surface area (Å²) in [5.41, 5.74) is 7.97. The number of rotatable bonds is 2. The summed E-state index contributed by atoms with van der Waals surface area (Å²) < 4.78 is 1.07. The monoisotopic (exact) mass is 326 g/mol. The summed E-state index contributed by atoms with van der Waals surface area (Å²) in [4.78, 5) is 2.89. The summed E-state index contributed by atoms with van der Waals surface area (Å²) in [5, 5.41) is 0. The number of piperidine rings is 1. The van der Waals surface area contributed by atoms with E-state index in [-0.39, 0.29) is 0 Å². The Morgan fingerprint density at radius 1 is 1.33 bits per heavy atom. The van der Waals surface area contributed by atoms with Gasteiger partial charge in [0.05, 0.1) is 0 Å². The smallest absolute Gasteiger partial charge is 0.106 e. The normalized spacial score (nSPS) is 24.1. The third-order valence-corrected chi connectivity index (χ3v) is 4.15. The molecule has 0 bridgehead atoms. The Labute approximate surface area is 123 Å². The van der Waals surface area contributed by atoms with Gasteiger partial charge in [0.15, 0.2) is 0 Å². The third kappa shape index (κ3) is 3.04. The molecule has 1 heterocycles. The average Bonchev–Trinajstić information content (AvgIpc) is 2.27. The van der Waals surface area contributed by atoms with E-state index in [0.29, 0.717) is 16.8 Å². The summed E-state index contributed by atoms with van der Waals surface area (Å²) in [7, 11) is 0. The lowest BCUT2D eigenvalue weighted by molar-refractivity contribution is 0.357. The van der Waals surface area contributed by atoms with Crippen LogP contribution in [0, 0.1) is 11.8 Å². The molecule has 2 rings (SSSR count). The van der Waals surface area contributed by atoms with Gasteiger partial charge in [-0.3, -0.25) is 0 Å². The van der Waals surface area contributed by atoms with Crippen LogP contribution in [-0.4, -0.2) is 18.1 Å². The lowest BCUT2D eigenvalue weighted by atomic mass is 9.91. The zero-order chi connectivity index (χ0) is 13.3. The highest BCUT2D eigenvalue weighted by Gasteiger charge is 2.24. The molecule has 18 heavy (non-hydrogen) atoms. The van der Waals surface area contributed by atoms with Crippen molar-refractivity contribution in [2.75, 3.05) is 18.0 Å². The minimum Gasteiger partial charge on any atom is -0.389 e. The first-order valence-electron chi connectivity index (χ1n) is 6.31. The van der Waals surface area contributed by atoms with Gasteiger partial charge in [0.1, 0.15) is 4.99 Å². The van der Waals surface area contributed by atoms with Crippen LogP contribution in [0.3, 0.4) is 0 Å². The second-order valence-electron chi connectivity index (χ2n) is 5.38. The SMILES string of the molecule is CC1CC(C)CN(c2cc(Br)ccc2C(N)=S)C1. The number of hydrogen-bond donors (Lipinski definition) is 1. The van der Waals surface area contributed by atoms with Gasteiger partial charge in [0, 0.05) is 28.8 Å². The van der Waals surface area contributed by atoms with Gasteiger partial charge in [-0.05, 0) is 36.5 Å². The fourth-order valence-electron chi connectivity index (χ4n) is 2.83. The highest BCUT2D eigenvalue weighted by atomic mass is 79.9. The van der Waals surface area contributed by atoms with Crippen molar-refractivity contribution < 1.29 is 0 Å². The largest absolute Gasteiger partial charge is 0.389 e. The van der Waals surface area contributed by atoms with Crippen molar-refractivity contribution in [1.29, 1.82) is 0 Å². The quantitative estimate of drug-likeness (QED) is 0.842. The molecule has 0 amide bonds. The second kappa shape index (κ2) is 5.57. The van der Waals surface area contributed by atoms with Crippen LogP contribution in [0.1, 0.15) is 25.8 Å². The fourth-order valence-corrected chi connectivity index (χ4v) is 3.36. The van der Waals surface area contributed by atoms with Crippen LogP contribution in [0.15, 0.2) is 22.7 Å². The molecule has 1 aliphatic rings. The van der Waals surface area contributed by atoms with E-state index in [1.165, 1.54) is 6.42 Å². The average molecular weight is 327 g/mol. The Bertz CT molecular complexity index is 451. The number of nitrogens with two attached hydrogens (primary N) is 1. The molecule has 1 fully saturated rings. The van der Waals surface area contributed by atoms with E-state index >= 15 is 0 Å². The van der Waals surface area contributed by atoms with Gasteiger partial charge in [-0.15, -0.1) is 0 Å². The van der Waals surface area contributed by atoms with E-state index in [1.807, 2.05) is 12.1 Å². The molecule has 0 spiro atoms. The molecule has 1 aromatic carbocycles. The first-order valence-corrected chi connectivity index (χ1v) is 7.51. The fraction of sp³-hybridized carbons (Fsp3) is 0.500. The lowest BCUT2D eigenvalue weighted by Gasteiger charge is -2.37. The minimum absolute atomic E-state index is 0.475. The number of nitrogens with zero attached hydrogens (tertiary/aromatic N) is 1. The van der Waals surface area contributed by atoms with Crippen molar-refractivity contribution in [1.82, 2.24) is 0 Å². The summed E-state index contributed by atoms with van der Waals surface area (Å²) in [6.45, 7) is 6.77. The number of thiocarbonyl (C=S) groups is 1. The first-order chi connectivity index (χ1) is 8.47. The van der Waals surface area contributed by atoms with Gasteiger partial charge in [-0.1, -0.05) is 42.0 Å². The number of benzene rings is 1. The van der Waals surface area contributed by atoms with Crippen LogP contribution < -0.4 is 10.6 Å². The second-order valence-corrected chi connectivity index (χ2v) is 6.73. The van der Waals surface area contributed by atoms with Crippen molar-refractivity contribution in [3.63, 3.8) is 0 Å². The molecule has 2 atom stereocenters. The van der Waals surface area contributed by atoms with Gasteiger partial charge < -0.3 is 10.6 Å². The van der Waals surface area contributed by atoms with Crippen molar-refractivity contribution in [3.8, 4) is 0 Å². The Morgan fingerprint density at radius 3 is 2.50 bits per heavy atom. The van der Waals surface area contributed by atoms with Crippen LogP contribution in [0.25, 0.3) is 0 Å². The molecule has 0 radical (unpaired) electrons. The van der Waals surface area contributed by atoms with Crippen LogP contribution in [0.2, 0.25) is 0 Å². The van der Waals surface area contributed by atoms with Crippen LogP contribution in [-0.2, 0) is 0 Å². The van der Waals surface area contributed by atoms with Gasteiger partial charge in [-0.25, -0.2) is 0 Å². The summed E-state index contributed by atoms with van der Waals surface area (Å²) in [6.07, 6.45) is 1.30. The summed E-state index contributed by atoms with van der Waals surface area (Å²) in [5.74, 6) is 1.43. The topological polar surface area (TPSA) is 29.3 Å². The van der Waals surface area contributed by atoms with Crippen molar-refractivity contribution in [2.24, 2.45) is 17.6 Å². The van der Waals surface area contributed by atoms with E-state index in [1.54, 1.807) is 0 Å². The molecule has 2 unspecified atom stereocenters. The number of halogens is 1. The molecule has 2 nitrogen and oxygen atoms in total. The highest BCUT2D eigenvalue weighted by molar-refractivity contribution is 9.10. The molecule has 1 aromatic rings. The summed E-state index contributed by atoms with van der Waals surface area (Å²) >= 11 is 8.69. The molecule has 4 heteroatoms. The van der Waals surface area contributed by atoms with Crippen LogP contribution >= 0.6 is 28.1 Å². The standard InChI is InChI=1S/C14H19BrN2S/c1-9-5-10(2)8-17(7-9)13-6-11(15)3-4-12(13)14(16)18/h3-4,6,9-10H,5,7-8H2,1-2H3,(H2,16,18). The van der Waals surface area contributed by atoms with Crippen LogP contribution in [0.4, 0.5) is 5.69 Å². The molecular formula is C14H19BrN2S. The third-order valence-electron chi connectivity index (χ3n) is 3.43. The molecule has 0 saturated carbocycles. The molecule has 0 aliphatic carbocycles. The Kier molecular flexibility index (Phi) is 4.28. The van der Waals surface area contributed by atoms with E-state index in [0.717, 1.165) is 28.8 Å². The Balaban J connectivity index is 2.36. The zero-order valence-corrected chi connectivity index (χ0v) is 13.2. The van der Waals surface area contributed by atoms with E-state index in [2.05, 4.69) is 40.7 Å². The maximum absolute atomic E-state index is 5.83. The molecule has 0 aromatic heterocycles. The van der Waals surface area contributed by atoms with Crippen molar-refractivity contribution >= 4 is 38.8 Å². The van der Waals surface area contributed by atoms with E-state index in [4.69, 9.17) is 18.0 Å². The predicted octanol–water partition coefficient (Wildman–Crippen LogP) is 3.57. The lowest BCUT2D eigenvalue weighted by Crippen LogP contribution is -2.39. The Hall–Kier alpha value is -0.610. The van der Waals surface area contributed by atoms with Crippen LogP contribution in [0.5, 0.6) is 0 Å². The minimum atomic E-state index is 0.475. The van der Waals surface area contributed by atoms with Gasteiger partial charge in [0.25, 0.3) is 0 Å². The molecule has 1 saturated heterocycles. The Morgan fingerprint density at radius 2 is 1.94 bits per heavy atom. The van der Waals surface area contributed by atoms with E-state index < -0.39 is 0 Å². The molecule has 98 valence electrons. The maximum Gasteiger partial charge on any atom is 0.106 e. The van der Waals surface area contributed by atoms with Gasteiger partial charge in [-0.2, -0.15) is 0 Å². The summed E-state index contributed by atoms with van der Waals surface area (Å²) in [6, 6.07) is 6.12. The highest BCUT2D eigenvalue weighted by Crippen LogP contribution is 2.31.